The number of amides is 1. The summed E-state index contributed by atoms with van der Waals surface area (Å²) >= 11 is 0. The van der Waals surface area contributed by atoms with E-state index in [-0.39, 0.29) is 17.6 Å². The molecule has 1 fully saturated rings. The van der Waals surface area contributed by atoms with Gasteiger partial charge in [-0.05, 0) is 24.5 Å². The van der Waals surface area contributed by atoms with Crippen LogP contribution in [0.5, 0.6) is 0 Å². The van der Waals surface area contributed by atoms with Crippen molar-refractivity contribution in [3.63, 3.8) is 0 Å². The Labute approximate surface area is 113 Å². The number of carbonyl (C=O) groups is 1. The van der Waals surface area contributed by atoms with Gasteiger partial charge in [-0.1, -0.05) is 25.1 Å². The number of nitrogens with zero attached hydrogens (tertiary/aromatic N) is 1. The molecule has 1 N–H and O–H groups in total. The summed E-state index contributed by atoms with van der Waals surface area (Å²) in [5.41, 5.74) is 0.624. The normalized spacial score (nSPS) is 21.2. The van der Waals surface area contributed by atoms with Crippen molar-refractivity contribution in [2.45, 2.75) is 32.2 Å². The van der Waals surface area contributed by atoms with Crippen molar-refractivity contribution >= 4 is 5.91 Å². The summed E-state index contributed by atoms with van der Waals surface area (Å²) in [6.07, 6.45) is 0.369. The third-order valence-electron chi connectivity index (χ3n) is 3.64. The van der Waals surface area contributed by atoms with Crippen molar-refractivity contribution in [2.24, 2.45) is 0 Å². The fraction of sp³-hybridized carbons (Fsp3) is 0.533. The van der Waals surface area contributed by atoms with Gasteiger partial charge in [0, 0.05) is 32.1 Å². The molecule has 1 saturated heterocycles. The van der Waals surface area contributed by atoms with E-state index in [9.17, 15) is 9.18 Å². The van der Waals surface area contributed by atoms with Gasteiger partial charge in [0.1, 0.15) is 5.82 Å². The molecule has 1 aromatic carbocycles. The lowest BCUT2D eigenvalue weighted by Crippen LogP contribution is -2.51. The molecule has 4 heteroatoms. The number of piperazine rings is 1. The van der Waals surface area contributed by atoms with Gasteiger partial charge >= 0.3 is 0 Å². The van der Waals surface area contributed by atoms with E-state index in [1.165, 1.54) is 6.07 Å². The molecule has 104 valence electrons. The van der Waals surface area contributed by atoms with Gasteiger partial charge in [-0.2, -0.15) is 0 Å². The van der Waals surface area contributed by atoms with Crippen molar-refractivity contribution in [1.29, 1.82) is 0 Å². The molecule has 0 radical (unpaired) electrons. The summed E-state index contributed by atoms with van der Waals surface area (Å²) in [5.74, 6) is -0.195. The molecule has 1 aliphatic rings. The lowest BCUT2D eigenvalue weighted by molar-refractivity contribution is -0.132. The first-order valence-corrected chi connectivity index (χ1v) is 6.83. The highest BCUT2D eigenvalue weighted by Crippen LogP contribution is 2.22. The van der Waals surface area contributed by atoms with Crippen molar-refractivity contribution in [3.05, 3.63) is 35.6 Å². The van der Waals surface area contributed by atoms with E-state index in [0.29, 0.717) is 18.0 Å². The number of rotatable bonds is 3. The first-order valence-electron chi connectivity index (χ1n) is 6.83. The van der Waals surface area contributed by atoms with Crippen molar-refractivity contribution < 1.29 is 9.18 Å². The number of nitrogens with one attached hydrogen (secondary N) is 1. The Morgan fingerprint density at radius 1 is 1.53 bits per heavy atom. The molecule has 2 atom stereocenters. The second-order valence-corrected chi connectivity index (χ2v) is 5.32. The lowest BCUT2D eigenvalue weighted by Gasteiger charge is -2.32. The third-order valence-corrected chi connectivity index (χ3v) is 3.64. The van der Waals surface area contributed by atoms with Crippen LogP contribution in [0, 0.1) is 5.82 Å². The second-order valence-electron chi connectivity index (χ2n) is 5.32. The third kappa shape index (κ3) is 3.53. The first-order chi connectivity index (χ1) is 9.08. The SMILES string of the molecule is C[C@@H]1CN(C(=O)C[C@H](C)c2ccccc2F)CCN1. The van der Waals surface area contributed by atoms with Crippen LogP contribution in [-0.2, 0) is 4.79 Å². The molecule has 0 bridgehead atoms. The fourth-order valence-electron chi connectivity index (χ4n) is 2.53. The van der Waals surface area contributed by atoms with Crippen LogP contribution in [0.15, 0.2) is 24.3 Å². The van der Waals surface area contributed by atoms with Gasteiger partial charge in [-0.15, -0.1) is 0 Å². The van der Waals surface area contributed by atoms with Crippen LogP contribution in [0.4, 0.5) is 4.39 Å². The summed E-state index contributed by atoms with van der Waals surface area (Å²) in [4.78, 5) is 14.1. The van der Waals surface area contributed by atoms with E-state index >= 15 is 0 Å². The zero-order chi connectivity index (χ0) is 13.8. The van der Waals surface area contributed by atoms with Gasteiger partial charge < -0.3 is 10.2 Å². The van der Waals surface area contributed by atoms with E-state index in [2.05, 4.69) is 12.2 Å². The molecule has 0 unspecified atom stereocenters. The Kier molecular flexibility index (Phi) is 4.53. The maximum atomic E-state index is 13.7. The molecule has 1 aromatic rings. The molecule has 1 heterocycles. The predicted molar refractivity (Wildman–Crippen MR) is 73.5 cm³/mol. The van der Waals surface area contributed by atoms with Gasteiger partial charge in [0.05, 0.1) is 0 Å². The van der Waals surface area contributed by atoms with Gasteiger partial charge in [-0.3, -0.25) is 4.79 Å². The van der Waals surface area contributed by atoms with Crippen LogP contribution < -0.4 is 5.32 Å². The number of benzene rings is 1. The molecular weight excluding hydrogens is 243 g/mol. The molecule has 0 aromatic heterocycles. The Hall–Kier alpha value is -1.42. The minimum absolute atomic E-state index is 0.0844. The van der Waals surface area contributed by atoms with E-state index < -0.39 is 0 Å². The molecule has 0 aliphatic carbocycles. The summed E-state index contributed by atoms with van der Waals surface area (Å²) in [6.45, 7) is 6.29. The average molecular weight is 264 g/mol. The highest BCUT2D eigenvalue weighted by molar-refractivity contribution is 5.77. The maximum Gasteiger partial charge on any atom is 0.223 e. The van der Waals surface area contributed by atoms with E-state index in [1.54, 1.807) is 12.1 Å². The first kappa shape index (κ1) is 14.0. The van der Waals surface area contributed by atoms with E-state index in [1.807, 2.05) is 17.9 Å². The average Bonchev–Trinajstić information content (AvgIpc) is 2.39. The molecule has 2 rings (SSSR count). The fourth-order valence-corrected chi connectivity index (χ4v) is 2.53. The molecule has 19 heavy (non-hydrogen) atoms. The van der Waals surface area contributed by atoms with Gasteiger partial charge in [0.25, 0.3) is 0 Å². The van der Waals surface area contributed by atoms with Gasteiger partial charge in [-0.25, -0.2) is 4.39 Å². The molecular formula is C15H21FN2O. The van der Waals surface area contributed by atoms with Crippen LogP contribution >= 0.6 is 0 Å². The minimum Gasteiger partial charge on any atom is -0.340 e. The van der Waals surface area contributed by atoms with Gasteiger partial charge in [0.15, 0.2) is 0 Å². The molecule has 0 saturated carbocycles. The Morgan fingerprint density at radius 3 is 2.95 bits per heavy atom. The minimum atomic E-state index is -0.225. The maximum absolute atomic E-state index is 13.7. The summed E-state index contributed by atoms with van der Waals surface area (Å²) in [6, 6.07) is 7.02. The van der Waals surface area contributed by atoms with Gasteiger partial charge in [0.2, 0.25) is 5.91 Å². The molecule has 1 amide bonds. The molecule has 3 nitrogen and oxygen atoms in total. The number of halogens is 1. The second kappa shape index (κ2) is 6.15. The quantitative estimate of drug-likeness (QED) is 0.907. The van der Waals surface area contributed by atoms with Crippen LogP contribution in [0.25, 0.3) is 0 Å². The number of carbonyl (C=O) groups excluding carboxylic acids is 1. The smallest absolute Gasteiger partial charge is 0.223 e. The standard InChI is InChI=1S/C15H21FN2O/c1-11(13-5-3-4-6-14(13)16)9-15(19)18-8-7-17-12(2)10-18/h3-6,11-12,17H,7-10H2,1-2H3/t11-,12+/m0/s1. The molecule has 0 spiro atoms. The Balaban J connectivity index is 1.97. The zero-order valence-electron chi connectivity index (χ0n) is 11.5. The van der Waals surface area contributed by atoms with Crippen LogP contribution in [0.3, 0.4) is 0 Å². The summed E-state index contributed by atoms with van der Waals surface area (Å²) < 4.78 is 13.7. The van der Waals surface area contributed by atoms with E-state index in [0.717, 1.165) is 19.6 Å². The molecule has 1 aliphatic heterocycles. The summed E-state index contributed by atoms with van der Waals surface area (Å²) in [7, 11) is 0. The monoisotopic (exact) mass is 264 g/mol. The zero-order valence-corrected chi connectivity index (χ0v) is 11.5. The highest BCUT2D eigenvalue weighted by Gasteiger charge is 2.23. The Bertz CT molecular complexity index is 450. The lowest BCUT2D eigenvalue weighted by atomic mass is 9.96. The predicted octanol–water partition coefficient (Wildman–Crippen LogP) is 2.14. The van der Waals surface area contributed by atoms with Crippen LogP contribution in [0.1, 0.15) is 31.7 Å². The van der Waals surface area contributed by atoms with Crippen molar-refractivity contribution in [1.82, 2.24) is 10.2 Å². The van der Waals surface area contributed by atoms with Crippen molar-refractivity contribution in [2.75, 3.05) is 19.6 Å². The number of hydrogen-bond acceptors (Lipinski definition) is 2. The number of hydrogen-bond donors (Lipinski definition) is 1. The van der Waals surface area contributed by atoms with Crippen molar-refractivity contribution in [3.8, 4) is 0 Å². The van der Waals surface area contributed by atoms with E-state index in [4.69, 9.17) is 0 Å². The topological polar surface area (TPSA) is 32.3 Å². The van der Waals surface area contributed by atoms with Crippen LogP contribution in [-0.4, -0.2) is 36.5 Å². The highest BCUT2D eigenvalue weighted by atomic mass is 19.1. The largest absolute Gasteiger partial charge is 0.340 e. The summed E-state index contributed by atoms with van der Waals surface area (Å²) in [5, 5.41) is 3.31. The van der Waals surface area contributed by atoms with Crippen LogP contribution in [0.2, 0.25) is 0 Å². The Morgan fingerprint density at radius 2 is 2.26 bits per heavy atom.